The summed E-state index contributed by atoms with van der Waals surface area (Å²) in [5, 5.41) is 3.41. The minimum atomic E-state index is 1.07. The van der Waals surface area contributed by atoms with Gasteiger partial charge in [0.25, 0.3) is 0 Å². The Balaban J connectivity index is 2.11. The molecule has 1 N–H and O–H groups in total. The summed E-state index contributed by atoms with van der Waals surface area (Å²) in [6, 6.07) is 4.69. The summed E-state index contributed by atoms with van der Waals surface area (Å²) in [6.45, 7) is 9.15. The molecule has 0 spiro atoms. The van der Waals surface area contributed by atoms with Crippen LogP contribution in [-0.2, 0) is 6.42 Å². The van der Waals surface area contributed by atoms with Crippen LogP contribution in [0.2, 0.25) is 0 Å². The molecule has 23 heavy (non-hydrogen) atoms. The van der Waals surface area contributed by atoms with E-state index < -0.39 is 0 Å². The topological polar surface area (TPSA) is 12.0 Å². The van der Waals surface area contributed by atoms with E-state index in [-0.39, 0.29) is 0 Å². The average Bonchev–Trinajstić information content (AvgIpc) is 3.05. The van der Waals surface area contributed by atoms with Crippen LogP contribution in [0.5, 0.6) is 0 Å². The average molecular weight is 307 g/mol. The Bertz CT molecular complexity index is 729. The maximum absolute atomic E-state index is 3.41. The molecule has 0 radical (unpaired) electrons. The molecule has 0 amide bonds. The van der Waals surface area contributed by atoms with E-state index in [1.807, 2.05) is 7.05 Å². The molecule has 2 aliphatic carbocycles. The van der Waals surface area contributed by atoms with Crippen LogP contribution in [0.25, 0.3) is 11.1 Å². The van der Waals surface area contributed by atoms with Crippen molar-refractivity contribution in [2.75, 3.05) is 7.05 Å². The summed E-state index contributed by atoms with van der Waals surface area (Å²) in [7, 11) is 2.04. The van der Waals surface area contributed by atoms with Crippen molar-refractivity contribution in [2.24, 2.45) is 0 Å². The zero-order valence-electron chi connectivity index (χ0n) is 15.3. The highest BCUT2D eigenvalue weighted by atomic mass is 14.8. The molecule has 0 bridgehead atoms. The second-order valence-corrected chi connectivity index (χ2v) is 7.05. The smallest absolute Gasteiger partial charge is 0.0379 e. The van der Waals surface area contributed by atoms with E-state index in [1.54, 1.807) is 16.7 Å². The lowest BCUT2D eigenvalue weighted by Crippen LogP contribution is -2.09. The molecular weight excluding hydrogens is 278 g/mol. The predicted molar refractivity (Wildman–Crippen MR) is 101 cm³/mol. The molecule has 122 valence electrons. The third-order valence-electron chi connectivity index (χ3n) is 5.41. The monoisotopic (exact) mass is 307 g/mol. The Labute approximate surface area is 141 Å². The van der Waals surface area contributed by atoms with Crippen molar-refractivity contribution in [3.8, 4) is 0 Å². The van der Waals surface area contributed by atoms with Gasteiger partial charge < -0.3 is 5.32 Å². The first kappa shape index (κ1) is 16.1. The number of allylic oxidation sites excluding steroid dienone is 5. The number of benzene rings is 1. The minimum Gasteiger partial charge on any atom is -0.388 e. The molecule has 0 saturated carbocycles. The van der Waals surface area contributed by atoms with Gasteiger partial charge in [0, 0.05) is 18.3 Å². The Morgan fingerprint density at radius 2 is 1.87 bits per heavy atom. The van der Waals surface area contributed by atoms with E-state index in [4.69, 9.17) is 0 Å². The molecule has 1 aromatic rings. The Kier molecular flexibility index (Phi) is 4.48. The van der Waals surface area contributed by atoms with Gasteiger partial charge in [-0.25, -0.2) is 0 Å². The van der Waals surface area contributed by atoms with Crippen molar-refractivity contribution in [2.45, 2.75) is 59.8 Å². The fourth-order valence-corrected chi connectivity index (χ4v) is 4.15. The Morgan fingerprint density at radius 3 is 2.57 bits per heavy atom. The zero-order valence-corrected chi connectivity index (χ0v) is 15.3. The van der Waals surface area contributed by atoms with Crippen LogP contribution in [-0.4, -0.2) is 7.05 Å². The molecule has 0 heterocycles. The lowest BCUT2D eigenvalue weighted by molar-refractivity contribution is 0.823. The van der Waals surface area contributed by atoms with E-state index in [0.29, 0.717) is 0 Å². The maximum Gasteiger partial charge on any atom is 0.0379 e. The Morgan fingerprint density at radius 1 is 1.09 bits per heavy atom. The quantitative estimate of drug-likeness (QED) is 0.725. The largest absolute Gasteiger partial charge is 0.388 e. The summed E-state index contributed by atoms with van der Waals surface area (Å²) >= 11 is 0. The first-order chi connectivity index (χ1) is 11.1. The normalized spacial score (nSPS) is 17.0. The van der Waals surface area contributed by atoms with E-state index >= 15 is 0 Å². The van der Waals surface area contributed by atoms with Crippen LogP contribution in [0.15, 0.2) is 35.1 Å². The molecule has 0 fully saturated rings. The van der Waals surface area contributed by atoms with Gasteiger partial charge in [-0.1, -0.05) is 42.7 Å². The van der Waals surface area contributed by atoms with Crippen molar-refractivity contribution in [3.05, 3.63) is 57.3 Å². The van der Waals surface area contributed by atoms with Gasteiger partial charge in [-0.05, 0) is 74.3 Å². The second-order valence-electron chi connectivity index (χ2n) is 7.05. The molecule has 0 aliphatic heterocycles. The molecule has 1 nitrogen and oxygen atoms in total. The highest BCUT2D eigenvalue weighted by Gasteiger charge is 2.26. The van der Waals surface area contributed by atoms with Crippen molar-refractivity contribution in [1.29, 1.82) is 0 Å². The molecule has 0 aromatic heterocycles. The van der Waals surface area contributed by atoms with E-state index in [2.05, 4.69) is 51.2 Å². The molecule has 3 rings (SSSR count). The summed E-state index contributed by atoms with van der Waals surface area (Å²) in [4.78, 5) is 0. The van der Waals surface area contributed by atoms with Gasteiger partial charge in [-0.2, -0.15) is 0 Å². The van der Waals surface area contributed by atoms with Gasteiger partial charge in [0.1, 0.15) is 0 Å². The summed E-state index contributed by atoms with van der Waals surface area (Å²) in [5.74, 6) is 0. The van der Waals surface area contributed by atoms with Crippen LogP contribution < -0.4 is 5.32 Å². The van der Waals surface area contributed by atoms with Gasteiger partial charge in [0.15, 0.2) is 0 Å². The maximum atomic E-state index is 3.41. The molecule has 1 heteroatoms. The van der Waals surface area contributed by atoms with Gasteiger partial charge in [0.2, 0.25) is 0 Å². The molecular formula is C22H29N. The van der Waals surface area contributed by atoms with Crippen molar-refractivity contribution >= 4 is 11.1 Å². The van der Waals surface area contributed by atoms with Crippen LogP contribution in [0, 0.1) is 6.92 Å². The summed E-state index contributed by atoms with van der Waals surface area (Å²) < 4.78 is 0. The molecule has 0 atom stereocenters. The number of hydrogen-bond donors (Lipinski definition) is 1. The van der Waals surface area contributed by atoms with Gasteiger partial charge in [-0.15, -0.1) is 0 Å². The fourth-order valence-electron chi connectivity index (χ4n) is 4.15. The number of hydrogen-bond acceptors (Lipinski definition) is 1. The molecule has 0 unspecified atom stereocenters. The van der Waals surface area contributed by atoms with Crippen molar-refractivity contribution in [3.63, 3.8) is 0 Å². The van der Waals surface area contributed by atoms with Gasteiger partial charge in [0.05, 0.1) is 0 Å². The number of likely N-dealkylation sites (N-methyl/N-ethyl adjacent to an activating group) is 1. The van der Waals surface area contributed by atoms with Gasteiger partial charge >= 0.3 is 0 Å². The van der Waals surface area contributed by atoms with Gasteiger partial charge in [-0.3, -0.25) is 0 Å². The molecule has 1 aromatic carbocycles. The second kappa shape index (κ2) is 6.39. The van der Waals surface area contributed by atoms with Crippen molar-refractivity contribution < 1.29 is 0 Å². The number of fused-ring (bicyclic) bond motifs is 1. The lowest BCUT2D eigenvalue weighted by Gasteiger charge is -2.18. The van der Waals surface area contributed by atoms with Crippen LogP contribution in [0.4, 0.5) is 0 Å². The SMILES string of the molecule is CCCCC1=C(C)Cc2c1ccc(C)c2C1=C(C)CC=C1NC. The van der Waals surface area contributed by atoms with Crippen LogP contribution in [0.1, 0.15) is 68.7 Å². The third-order valence-corrected chi connectivity index (χ3v) is 5.41. The van der Waals surface area contributed by atoms with E-state index in [1.165, 1.54) is 52.8 Å². The Hall–Kier alpha value is -1.76. The standard InChI is InChI=1S/C22H29N/c1-6-7-8-17-16(4)13-19-18(17)11-9-14(2)21(19)22-15(3)10-12-20(22)23-5/h9,11-12,23H,6-8,10,13H2,1-5H3. The van der Waals surface area contributed by atoms with Crippen molar-refractivity contribution in [1.82, 2.24) is 5.32 Å². The zero-order chi connectivity index (χ0) is 16.6. The number of nitrogens with one attached hydrogen (secondary N) is 1. The number of unbranched alkanes of at least 4 members (excludes halogenated alkanes) is 1. The summed E-state index contributed by atoms with van der Waals surface area (Å²) in [5.41, 5.74) is 13.4. The molecule has 0 saturated heterocycles. The lowest BCUT2D eigenvalue weighted by atomic mass is 9.88. The van der Waals surface area contributed by atoms with E-state index in [9.17, 15) is 0 Å². The third kappa shape index (κ3) is 2.67. The fraction of sp³-hybridized carbons (Fsp3) is 0.455. The highest BCUT2D eigenvalue weighted by Crippen LogP contribution is 2.44. The van der Waals surface area contributed by atoms with Crippen LogP contribution in [0.3, 0.4) is 0 Å². The predicted octanol–water partition coefficient (Wildman–Crippen LogP) is 5.80. The highest BCUT2D eigenvalue weighted by molar-refractivity contribution is 5.90. The van der Waals surface area contributed by atoms with Crippen LogP contribution >= 0.6 is 0 Å². The molecule has 2 aliphatic rings. The first-order valence-electron chi connectivity index (χ1n) is 8.98. The minimum absolute atomic E-state index is 1.07. The number of aryl methyl sites for hydroxylation is 1. The first-order valence-corrected chi connectivity index (χ1v) is 8.98. The number of rotatable bonds is 5. The van der Waals surface area contributed by atoms with E-state index in [0.717, 1.165) is 12.8 Å². The summed E-state index contributed by atoms with van der Waals surface area (Å²) in [6.07, 6.45) is 8.31.